The van der Waals surface area contributed by atoms with Gasteiger partial charge in [-0.3, -0.25) is 4.79 Å². The first-order valence-corrected chi connectivity index (χ1v) is 4.37. The van der Waals surface area contributed by atoms with Gasteiger partial charge in [0.25, 0.3) is 0 Å². The first-order chi connectivity index (χ1) is 6.81. The Balaban J connectivity index is 2.57. The third-order valence-electron chi connectivity index (χ3n) is 2.12. The molecule has 0 atom stereocenters. The van der Waals surface area contributed by atoms with Gasteiger partial charge in [0.05, 0.1) is 5.69 Å². The molecule has 1 aromatic carbocycles. The standard InChI is InChI=1S/C11H10N2O/c1-9-3-4-10(8-14)7-11(9)13-6-2-5-12-13/h2-8H,1H3. The first-order valence-electron chi connectivity index (χ1n) is 4.37. The summed E-state index contributed by atoms with van der Waals surface area (Å²) in [6.07, 6.45) is 4.41. The number of carbonyl (C=O) groups excluding carboxylic acids is 1. The van der Waals surface area contributed by atoms with Crippen molar-refractivity contribution >= 4 is 6.29 Å². The normalized spacial score (nSPS) is 10.1. The molecule has 0 aliphatic carbocycles. The van der Waals surface area contributed by atoms with E-state index in [1.807, 2.05) is 31.3 Å². The molecule has 0 aliphatic rings. The molecule has 0 bridgehead atoms. The average Bonchev–Trinajstić information content (AvgIpc) is 2.71. The van der Waals surface area contributed by atoms with Gasteiger partial charge in [-0.05, 0) is 24.6 Å². The van der Waals surface area contributed by atoms with Crippen LogP contribution in [0, 0.1) is 6.92 Å². The van der Waals surface area contributed by atoms with Gasteiger partial charge in [-0.1, -0.05) is 12.1 Å². The van der Waals surface area contributed by atoms with E-state index in [-0.39, 0.29) is 0 Å². The van der Waals surface area contributed by atoms with Crippen molar-refractivity contribution in [2.75, 3.05) is 0 Å². The number of hydrogen-bond donors (Lipinski definition) is 0. The average molecular weight is 186 g/mol. The Labute approximate surface area is 82.0 Å². The number of benzene rings is 1. The lowest BCUT2D eigenvalue weighted by atomic mass is 10.1. The van der Waals surface area contributed by atoms with Gasteiger partial charge in [0.1, 0.15) is 6.29 Å². The summed E-state index contributed by atoms with van der Waals surface area (Å²) in [5.74, 6) is 0. The molecule has 1 aromatic heterocycles. The van der Waals surface area contributed by atoms with Gasteiger partial charge in [-0.15, -0.1) is 0 Å². The maximum Gasteiger partial charge on any atom is 0.150 e. The van der Waals surface area contributed by atoms with Crippen molar-refractivity contribution in [1.29, 1.82) is 0 Å². The fraction of sp³-hybridized carbons (Fsp3) is 0.0909. The molecule has 14 heavy (non-hydrogen) atoms. The van der Waals surface area contributed by atoms with Gasteiger partial charge in [-0.25, -0.2) is 4.68 Å². The SMILES string of the molecule is Cc1ccc(C=O)cc1-n1cccn1. The zero-order valence-corrected chi connectivity index (χ0v) is 7.84. The molecule has 0 aliphatic heterocycles. The van der Waals surface area contributed by atoms with E-state index in [2.05, 4.69) is 5.10 Å². The van der Waals surface area contributed by atoms with E-state index in [9.17, 15) is 4.79 Å². The molecule has 1 heterocycles. The quantitative estimate of drug-likeness (QED) is 0.672. The number of nitrogens with zero attached hydrogens (tertiary/aromatic N) is 2. The lowest BCUT2D eigenvalue weighted by Crippen LogP contribution is -1.98. The summed E-state index contributed by atoms with van der Waals surface area (Å²) in [6.45, 7) is 1.99. The number of carbonyl (C=O) groups is 1. The summed E-state index contributed by atoms with van der Waals surface area (Å²) >= 11 is 0. The van der Waals surface area contributed by atoms with Crippen LogP contribution >= 0.6 is 0 Å². The highest BCUT2D eigenvalue weighted by Gasteiger charge is 2.01. The van der Waals surface area contributed by atoms with Gasteiger partial charge in [0, 0.05) is 18.0 Å². The Kier molecular flexibility index (Phi) is 2.14. The lowest BCUT2D eigenvalue weighted by molar-refractivity contribution is 0.112. The fourth-order valence-corrected chi connectivity index (χ4v) is 1.36. The van der Waals surface area contributed by atoms with Gasteiger partial charge >= 0.3 is 0 Å². The fourth-order valence-electron chi connectivity index (χ4n) is 1.36. The largest absolute Gasteiger partial charge is 0.298 e. The van der Waals surface area contributed by atoms with Crippen LogP contribution in [0.5, 0.6) is 0 Å². The zero-order chi connectivity index (χ0) is 9.97. The van der Waals surface area contributed by atoms with Crippen LogP contribution in [0.15, 0.2) is 36.7 Å². The second-order valence-electron chi connectivity index (χ2n) is 3.11. The summed E-state index contributed by atoms with van der Waals surface area (Å²) in [5.41, 5.74) is 2.71. The first kappa shape index (κ1) is 8.69. The third kappa shape index (κ3) is 1.44. The Morgan fingerprint density at radius 3 is 2.93 bits per heavy atom. The van der Waals surface area contributed by atoms with Crippen molar-refractivity contribution in [3.63, 3.8) is 0 Å². The monoisotopic (exact) mass is 186 g/mol. The molecular weight excluding hydrogens is 176 g/mol. The van der Waals surface area contributed by atoms with Gasteiger partial charge in [-0.2, -0.15) is 5.10 Å². The Morgan fingerprint density at radius 2 is 2.29 bits per heavy atom. The van der Waals surface area contributed by atoms with E-state index in [1.54, 1.807) is 16.9 Å². The van der Waals surface area contributed by atoms with Crippen molar-refractivity contribution in [3.05, 3.63) is 47.8 Å². The molecule has 0 radical (unpaired) electrons. The minimum absolute atomic E-state index is 0.668. The molecule has 0 fully saturated rings. The maximum atomic E-state index is 10.6. The minimum atomic E-state index is 0.668. The summed E-state index contributed by atoms with van der Waals surface area (Å²) < 4.78 is 1.75. The third-order valence-corrected chi connectivity index (χ3v) is 2.12. The van der Waals surface area contributed by atoms with Gasteiger partial charge < -0.3 is 0 Å². The number of aldehydes is 1. The Morgan fingerprint density at radius 1 is 1.43 bits per heavy atom. The van der Waals surface area contributed by atoms with Gasteiger partial charge in [0.2, 0.25) is 0 Å². The second-order valence-corrected chi connectivity index (χ2v) is 3.11. The number of aromatic nitrogens is 2. The lowest BCUT2D eigenvalue weighted by Gasteiger charge is -2.05. The molecular formula is C11H10N2O. The molecule has 0 unspecified atom stereocenters. The zero-order valence-electron chi connectivity index (χ0n) is 7.84. The van der Waals surface area contributed by atoms with Crippen LogP contribution in [-0.4, -0.2) is 16.1 Å². The molecule has 0 saturated carbocycles. The predicted molar refractivity (Wildman–Crippen MR) is 53.7 cm³/mol. The summed E-state index contributed by atoms with van der Waals surface area (Å²) in [4.78, 5) is 10.6. The molecule has 3 heteroatoms. The number of aryl methyl sites for hydroxylation is 1. The Hall–Kier alpha value is -1.90. The van der Waals surface area contributed by atoms with Crippen molar-refractivity contribution in [2.45, 2.75) is 6.92 Å². The highest BCUT2D eigenvalue weighted by atomic mass is 16.1. The van der Waals surface area contributed by atoms with Crippen LogP contribution in [0.3, 0.4) is 0 Å². The molecule has 0 saturated heterocycles. The molecule has 2 aromatic rings. The van der Waals surface area contributed by atoms with Crippen LogP contribution in [-0.2, 0) is 0 Å². The van der Waals surface area contributed by atoms with Crippen molar-refractivity contribution in [1.82, 2.24) is 9.78 Å². The van der Waals surface area contributed by atoms with Crippen LogP contribution in [0.1, 0.15) is 15.9 Å². The predicted octanol–water partition coefficient (Wildman–Crippen LogP) is 1.99. The molecule has 2 rings (SSSR count). The smallest absolute Gasteiger partial charge is 0.150 e. The summed E-state index contributed by atoms with van der Waals surface area (Å²) in [5, 5.41) is 4.12. The topological polar surface area (TPSA) is 34.9 Å². The van der Waals surface area contributed by atoms with Crippen LogP contribution in [0.4, 0.5) is 0 Å². The number of hydrogen-bond acceptors (Lipinski definition) is 2. The van der Waals surface area contributed by atoms with E-state index in [0.717, 1.165) is 17.5 Å². The maximum absolute atomic E-state index is 10.6. The molecule has 3 nitrogen and oxygen atoms in total. The summed E-state index contributed by atoms with van der Waals surface area (Å²) in [7, 11) is 0. The van der Waals surface area contributed by atoms with Crippen LogP contribution in [0.25, 0.3) is 5.69 Å². The van der Waals surface area contributed by atoms with E-state index in [4.69, 9.17) is 0 Å². The van der Waals surface area contributed by atoms with E-state index >= 15 is 0 Å². The molecule has 0 amide bonds. The van der Waals surface area contributed by atoms with Crippen molar-refractivity contribution < 1.29 is 4.79 Å². The van der Waals surface area contributed by atoms with Crippen molar-refractivity contribution in [3.8, 4) is 5.69 Å². The highest BCUT2D eigenvalue weighted by Crippen LogP contribution is 2.13. The number of rotatable bonds is 2. The molecule has 70 valence electrons. The van der Waals surface area contributed by atoms with E-state index in [1.165, 1.54) is 0 Å². The second kappa shape index (κ2) is 3.46. The minimum Gasteiger partial charge on any atom is -0.298 e. The molecule has 0 N–H and O–H groups in total. The van der Waals surface area contributed by atoms with Crippen molar-refractivity contribution in [2.24, 2.45) is 0 Å². The summed E-state index contributed by atoms with van der Waals surface area (Å²) in [6, 6.07) is 7.40. The van der Waals surface area contributed by atoms with E-state index < -0.39 is 0 Å². The Bertz CT molecular complexity index is 446. The van der Waals surface area contributed by atoms with E-state index in [0.29, 0.717) is 5.56 Å². The molecule has 0 spiro atoms. The van der Waals surface area contributed by atoms with Crippen LogP contribution < -0.4 is 0 Å². The highest BCUT2D eigenvalue weighted by molar-refractivity contribution is 5.76. The van der Waals surface area contributed by atoms with Gasteiger partial charge in [0.15, 0.2) is 0 Å². The van der Waals surface area contributed by atoms with Crippen LogP contribution in [0.2, 0.25) is 0 Å².